The number of hydrogen-bond donors (Lipinski definition) is 0. The van der Waals surface area contributed by atoms with Gasteiger partial charge in [-0.25, -0.2) is 4.98 Å². The number of hydrogen-bond acceptors (Lipinski definition) is 3. The van der Waals surface area contributed by atoms with Crippen LogP contribution in [0, 0.1) is 6.92 Å². The highest BCUT2D eigenvalue weighted by atomic mass is 35.5. The van der Waals surface area contributed by atoms with Crippen LogP contribution in [0.15, 0.2) is 11.4 Å². The molecule has 0 atom stereocenters. The van der Waals surface area contributed by atoms with Crippen molar-refractivity contribution in [3.63, 3.8) is 0 Å². The summed E-state index contributed by atoms with van der Waals surface area (Å²) >= 11 is 7.28. The molecule has 0 amide bonds. The second-order valence-electron chi connectivity index (χ2n) is 3.05. The van der Waals surface area contributed by atoms with Crippen LogP contribution in [0.25, 0.3) is 11.4 Å². The van der Waals surface area contributed by atoms with Gasteiger partial charge in [0.05, 0.1) is 23.0 Å². The van der Waals surface area contributed by atoms with Gasteiger partial charge in [-0.15, -0.1) is 22.9 Å². The van der Waals surface area contributed by atoms with Crippen molar-refractivity contribution < 1.29 is 0 Å². The van der Waals surface area contributed by atoms with E-state index in [1.807, 2.05) is 30.1 Å². The first-order chi connectivity index (χ1) is 6.70. The van der Waals surface area contributed by atoms with Gasteiger partial charge in [0.25, 0.3) is 0 Å². The molecule has 0 N–H and O–H groups in total. The van der Waals surface area contributed by atoms with E-state index in [0.29, 0.717) is 5.88 Å². The van der Waals surface area contributed by atoms with Crippen molar-refractivity contribution in [3.05, 3.63) is 22.1 Å². The Morgan fingerprint density at radius 3 is 2.86 bits per heavy atom. The van der Waals surface area contributed by atoms with Gasteiger partial charge in [-0.1, -0.05) is 0 Å². The predicted molar refractivity (Wildman–Crippen MR) is 58.6 cm³/mol. The maximum Gasteiger partial charge on any atom is 0.108 e. The van der Waals surface area contributed by atoms with Crippen LogP contribution in [0.2, 0.25) is 0 Å². The minimum atomic E-state index is 0.474. The molecule has 0 saturated carbocycles. The molecule has 0 bridgehead atoms. The van der Waals surface area contributed by atoms with E-state index in [0.717, 1.165) is 22.1 Å². The number of aromatic nitrogens is 3. The number of thiazole rings is 1. The molecule has 0 fully saturated rings. The predicted octanol–water partition coefficient (Wildman–Crippen LogP) is 2.59. The lowest BCUT2D eigenvalue weighted by molar-refractivity contribution is 0.762. The second-order valence-corrected chi connectivity index (χ2v) is 4.26. The van der Waals surface area contributed by atoms with Gasteiger partial charge in [0, 0.05) is 12.4 Å². The summed E-state index contributed by atoms with van der Waals surface area (Å²) in [7, 11) is 1.92. The highest BCUT2D eigenvalue weighted by Gasteiger charge is 2.08. The van der Waals surface area contributed by atoms with Crippen LogP contribution < -0.4 is 0 Å². The Labute approximate surface area is 91.4 Å². The quantitative estimate of drug-likeness (QED) is 0.739. The van der Waals surface area contributed by atoms with E-state index in [9.17, 15) is 0 Å². The third-order valence-electron chi connectivity index (χ3n) is 1.93. The van der Waals surface area contributed by atoms with E-state index >= 15 is 0 Å². The lowest BCUT2D eigenvalue weighted by atomic mass is 10.3. The van der Waals surface area contributed by atoms with Gasteiger partial charge in [0.2, 0.25) is 0 Å². The lowest BCUT2D eigenvalue weighted by Gasteiger charge is -1.95. The van der Waals surface area contributed by atoms with Crippen LogP contribution in [0.5, 0.6) is 0 Å². The largest absolute Gasteiger partial charge is 0.266 e. The minimum absolute atomic E-state index is 0.474. The first kappa shape index (κ1) is 9.68. The van der Waals surface area contributed by atoms with Crippen molar-refractivity contribution in [2.75, 3.05) is 0 Å². The molecule has 2 heterocycles. The maximum atomic E-state index is 5.70. The normalized spacial score (nSPS) is 10.8. The standard InChI is InChI=1S/C9H10ClN3S/c1-6-3-8(13(2)12-6)7-5-14-9(4-10)11-7/h3,5H,4H2,1-2H3. The monoisotopic (exact) mass is 227 g/mol. The van der Waals surface area contributed by atoms with Gasteiger partial charge >= 0.3 is 0 Å². The van der Waals surface area contributed by atoms with E-state index in [-0.39, 0.29) is 0 Å². The summed E-state index contributed by atoms with van der Waals surface area (Å²) in [4.78, 5) is 4.40. The second kappa shape index (κ2) is 3.71. The van der Waals surface area contributed by atoms with Crippen LogP contribution >= 0.6 is 22.9 Å². The lowest BCUT2D eigenvalue weighted by Crippen LogP contribution is -1.93. The molecule has 0 spiro atoms. The van der Waals surface area contributed by atoms with Gasteiger partial charge in [0.1, 0.15) is 5.01 Å². The molecule has 2 aromatic rings. The molecule has 14 heavy (non-hydrogen) atoms. The van der Waals surface area contributed by atoms with Crippen LogP contribution in [-0.4, -0.2) is 14.8 Å². The van der Waals surface area contributed by atoms with Crippen molar-refractivity contribution in [1.29, 1.82) is 0 Å². The SMILES string of the molecule is Cc1cc(-c2csc(CCl)n2)n(C)n1. The molecule has 3 nitrogen and oxygen atoms in total. The molecule has 74 valence electrons. The van der Waals surface area contributed by atoms with Crippen LogP contribution in [0.4, 0.5) is 0 Å². The maximum absolute atomic E-state index is 5.70. The number of halogens is 1. The first-order valence-corrected chi connectivity index (χ1v) is 5.63. The third-order valence-corrected chi connectivity index (χ3v) is 3.19. The fraction of sp³-hybridized carbons (Fsp3) is 0.333. The van der Waals surface area contributed by atoms with E-state index in [1.165, 1.54) is 0 Å². The van der Waals surface area contributed by atoms with Gasteiger partial charge in [-0.3, -0.25) is 4.68 Å². The van der Waals surface area contributed by atoms with E-state index < -0.39 is 0 Å². The van der Waals surface area contributed by atoms with Crippen LogP contribution in [-0.2, 0) is 12.9 Å². The number of aryl methyl sites for hydroxylation is 2. The van der Waals surface area contributed by atoms with E-state index in [4.69, 9.17) is 11.6 Å². The molecule has 0 aliphatic carbocycles. The summed E-state index contributed by atoms with van der Waals surface area (Å²) in [5, 5.41) is 7.22. The van der Waals surface area contributed by atoms with Crippen LogP contribution in [0.1, 0.15) is 10.7 Å². The molecule has 0 radical (unpaired) electrons. The summed E-state index contributed by atoms with van der Waals surface area (Å²) in [5.74, 6) is 0.474. The topological polar surface area (TPSA) is 30.7 Å². The number of alkyl halides is 1. The van der Waals surface area contributed by atoms with Crippen molar-refractivity contribution in [2.24, 2.45) is 7.05 Å². The zero-order valence-corrected chi connectivity index (χ0v) is 9.56. The summed E-state index contributed by atoms with van der Waals surface area (Å²) < 4.78 is 1.84. The van der Waals surface area contributed by atoms with Gasteiger partial charge < -0.3 is 0 Å². The molecule has 2 aromatic heterocycles. The Morgan fingerprint density at radius 2 is 2.36 bits per heavy atom. The molecular formula is C9H10ClN3S. The first-order valence-electron chi connectivity index (χ1n) is 4.22. The molecule has 0 unspecified atom stereocenters. The summed E-state index contributed by atoms with van der Waals surface area (Å²) in [6.07, 6.45) is 0. The third kappa shape index (κ3) is 1.67. The number of nitrogens with zero attached hydrogens (tertiary/aromatic N) is 3. The van der Waals surface area contributed by atoms with Gasteiger partial charge in [-0.2, -0.15) is 5.10 Å². The summed E-state index contributed by atoms with van der Waals surface area (Å²) in [6, 6.07) is 2.02. The zero-order valence-electron chi connectivity index (χ0n) is 7.99. The Bertz CT molecular complexity index is 447. The van der Waals surface area contributed by atoms with Crippen molar-refractivity contribution in [1.82, 2.24) is 14.8 Å². The summed E-state index contributed by atoms with van der Waals surface area (Å²) in [6.45, 7) is 1.97. The number of rotatable bonds is 2. The highest BCUT2D eigenvalue weighted by molar-refractivity contribution is 7.10. The average molecular weight is 228 g/mol. The molecule has 0 aromatic carbocycles. The Hall–Kier alpha value is -0.870. The van der Waals surface area contributed by atoms with Gasteiger partial charge in [0.15, 0.2) is 0 Å². The van der Waals surface area contributed by atoms with Crippen molar-refractivity contribution in [2.45, 2.75) is 12.8 Å². The molecule has 5 heteroatoms. The Balaban J connectivity index is 2.43. The van der Waals surface area contributed by atoms with Crippen molar-refractivity contribution in [3.8, 4) is 11.4 Å². The molecule has 2 rings (SSSR count). The fourth-order valence-electron chi connectivity index (χ4n) is 1.34. The zero-order chi connectivity index (χ0) is 10.1. The Kier molecular flexibility index (Phi) is 2.56. The molecule has 0 saturated heterocycles. The summed E-state index contributed by atoms with van der Waals surface area (Å²) in [5.41, 5.74) is 2.99. The highest BCUT2D eigenvalue weighted by Crippen LogP contribution is 2.22. The van der Waals surface area contributed by atoms with E-state index in [1.54, 1.807) is 11.3 Å². The van der Waals surface area contributed by atoms with Crippen LogP contribution in [0.3, 0.4) is 0 Å². The van der Waals surface area contributed by atoms with E-state index in [2.05, 4.69) is 10.1 Å². The minimum Gasteiger partial charge on any atom is -0.266 e. The Morgan fingerprint density at radius 1 is 1.57 bits per heavy atom. The average Bonchev–Trinajstić information content (AvgIpc) is 2.71. The smallest absolute Gasteiger partial charge is 0.108 e. The molecule has 0 aliphatic rings. The van der Waals surface area contributed by atoms with Gasteiger partial charge in [-0.05, 0) is 13.0 Å². The molecular weight excluding hydrogens is 218 g/mol. The molecule has 0 aliphatic heterocycles. The fourth-order valence-corrected chi connectivity index (χ4v) is 2.22. The van der Waals surface area contributed by atoms with Crippen molar-refractivity contribution >= 4 is 22.9 Å².